The van der Waals surface area contributed by atoms with Crippen LogP contribution in [0.2, 0.25) is 0 Å². The fourth-order valence-electron chi connectivity index (χ4n) is 2.99. The van der Waals surface area contributed by atoms with Crippen LogP contribution in [0.15, 0.2) is 53.0 Å². The molecule has 0 amide bonds. The topological polar surface area (TPSA) is 117 Å². The van der Waals surface area contributed by atoms with Crippen LogP contribution >= 0.6 is 11.3 Å². The molecule has 3 aromatic heterocycles. The molecule has 0 aliphatic carbocycles. The zero-order chi connectivity index (χ0) is 20.4. The summed E-state index contributed by atoms with van der Waals surface area (Å²) in [6.07, 6.45) is 3.28. The molecule has 1 aromatic carbocycles. The van der Waals surface area contributed by atoms with Gasteiger partial charge in [-0.15, -0.1) is 11.3 Å². The maximum Gasteiger partial charge on any atom is 0.219 e. The van der Waals surface area contributed by atoms with Gasteiger partial charge in [0.2, 0.25) is 5.95 Å². The number of hydrogen-bond acceptors (Lipinski definition) is 8. The molecule has 0 radical (unpaired) electrons. The Morgan fingerprint density at radius 1 is 1.10 bits per heavy atom. The maximum atomic E-state index is 12.7. The van der Waals surface area contributed by atoms with Crippen LogP contribution in [0.5, 0.6) is 0 Å². The monoisotopic (exact) mass is 425 g/mol. The van der Waals surface area contributed by atoms with Crippen molar-refractivity contribution in [2.45, 2.75) is 4.21 Å². The molecule has 0 aliphatic rings. The SMILES string of the molecule is COCCS(=O)c1sc2nc(-c3cnc(N)nc3)cc(-c3ccccc3)c2c1N. The number of aromatic nitrogens is 3. The summed E-state index contributed by atoms with van der Waals surface area (Å²) in [6.45, 7) is 0.396. The third-order valence-corrected chi connectivity index (χ3v) is 7.27. The summed E-state index contributed by atoms with van der Waals surface area (Å²) in [7, 11) is 0.326. The number of hydrogen-bond donors (Lipinski definition) is 2. The molecule has 148 valence electrons. The fraction of sp³-hybridized carbons (Fsp3) is 0.150. The van der Waals surface area contributed by atoms with Crippen molar-refractivity contribution in [2.24, 2.45) is 0 Å². The van der Waals surface area contributed by atoms with Gasteiger partial charge >= 0.3 is 0 Å². The minimum Gasteiger partial charge on any atom is -0.396 e. The van der Waals surface area contributed by atoms with E-state index in [1.54, 1.807) is 19.5 Å². The van der Waals surface area contributed by atoms with Gasteiger partial charge in [-0.05, 0) is 17.2 Å². The molecule has 9 heteroatoms. The Kier molecular flexibility index (Phi) is 5.52. The Morgan fingerprint density at radius 3 is 2.52 bits per heavy atom. The first-order valence-corrected chi connectivity index (χ1v) is 11.0. The molecule has 1 atom stereocenters. The number of nitrogens with two attached hydrogens (primary N) is 2. The molecule has 0 saturated carbocycles. The molecular weight excluding hydrogens is 406 g/mol. The molecule has 4 aromatic rings. The predicted octanol–water partition coefficient (Wildman–Crippen LogP) is 3.34. The van der Waals surface area contributed by atoms with E-state index in [1.165, 1.54) is 11.3 Å². The van der Waals surface area contributed by atoms with Crippen LogP contribution in [0.1, 0.15) is 0 Å². The van der Waals surface area contributed by atoms with Crippen molar-refractivity contribution in [3.63, 3.8) is 0 Å². The van der Waals surface area contributed by atoms with E-state index in [9.17, 15) is 4.21 Å². The van der Waals surface area contributed by atoms with Gasteiger partial charge in [0.1, 0.15) is 9.04 Å². The molecule has 7 nitrogen and oxygen atoms in total. The summed E-state index contributed by atoms with van der Waals surface area (Å²) in [6, 6.07) is 11.9. The number of nitrogen functional groups attached to an aromatic ring is 2. The lowest BCUT2D eigenvalue weighted by atomic mass is 10.0. The van der Waals surface area contributed by atoms with Crippen LogP contribution < -0.4 is 11.5 Å². The number of nitrogens with zero attached hydrogens (tertiary/aromatic N) is 3. The largest absolute Gasteiger partial charge is 0.396 e. The summed E-state index contributed by atoms with van der Waals surface area (Å²) < 4.78 is 18.4. The molecule has 1 unspecified atom stereocenters. The van der Waals surface area contributed by atoms with Crippen molar-refractivity contribution in [1.82, 2.24) is 15.0 Å². The quantitative estimate of drug-likeness (QED) is 0.486. The normalized spacial score (nSPS) is 12.3. The lowest BCUT2D eigenvalue weighted by Gasteiger charge is -2.08. The van der Waals surface area contributed by atoms with E-state index >= 15 is 0 Å². The first-order chi connectivity index (χ1) is 14.1. The molecule has 0 aliphatic heterocycles. The lowest BCUT2D eigenvalue weighted by molar-refractivity contribution is 0.218. The molecular formula is C20H19N5O2S2. The Bertz CT molecular complexity index is 1180. The zero-order valence-corrected chi connectivity index (χ0v) is 17.3. The molecule has 0 fully saturated rings. The first-order valence-electron chi connectivity index (χ1n) is 8.82. The zero-order valence-electron chi connectivity index (χ0n) is 15.7. The molecule has 4 rings (SSSR count). The van der Waals surface area contributed by atoms with Crippen molar-refractivity contribution in [3.8, 4) is 22.4 Å². The second-order valence-corrected chi connectivity index (χ2v) is 9.04. The van der Waals surface area contributed by atoms with Crippen molar-refractivity contribution >= 4 is 44.0 Å². The molecule has 3 heterocycles. The molecule has 0 saturated heterocycles. The minimum atomic E-state index is -1.26. The first kappa shape index (κ1) is 19.4. The van der Waals surface area contributed by atoms with Gasteiger partial charge in [0, 0.05) is 30.5 Å². The lowest BCUT2D eigenvalue weighted by Crippen LogP contribution is -2.04. The van der Waals surface area contributed by atoms with Gasteiger partial charge in [-0.2, -0.15) is 0 Å². The summed E-state index contributed by atoms with van der Waals surface area (Å²) in [5.41, 5.74) is 15.9. The van der Waals surface area contributed by atoms with E-state index in [-0.39, 0.29) is 5.95 Å². The van der Waals surface area contributed by atoms with E-state index in [0.717, 1.165) is 26.9 Å². The molecule has 4 N–H and O–H groups in total. The Hall–Kier alpha value is -2.88. The standard InChI is InChI=1S/C20H19N5O2S2/c1-27-7-8-29(26)19-17(21)16-14(12-5-3-2-4-6-12)9-15(25-18(16)28-19)13-10-23-20(22)24-11-13/h2-6,9-11H,7-8,21H2,1H3,(H2,22,23,24). The summed E-state index contributed by atoms with van der Waals surface area (Å²) in [5.74, 6) is 0.585. The van der Waals surface area contributed by atoms with Gasteiger partial charge in [-0.3, -0.25) is 4.21 Å². The maximum absolute atomic E-state index is 12.7. The van der Waals surface area contributed by atoms with Crippen molar-refractivity contribution in [1.29, 1.82) is 0 Å². The van der Waals surface area contributed by atoms with Gasteiger partial charge in [0.15, 0.2) is 0 Å². The van der Waals surface area contributed by atoms with Gasteiger partial charge in [-0.1, -0.05) is 30.3 Å². The van der Waals surface area contributed by atoms with Crippen LogP contribution in [0.3, 0.4) is 0 Å². The number of methoxy groups -OCH3 is 1. The van der Waals surface area contributed by atoms with Crippen LogP contribution in [0.25, 0.3) is 32.6 Å². The van der Waals surface area contributed by atoms with Gasteiger partial charge in [0.05, 0.1) is 34.5 Å². The van der Waals surface area contributed by atoms with Gasteiger partial charge < -0.3 is 16.2 Å². The van der Waals surface area contributed by atoms with Crippen LogP contribution in [0.4, 0.5) is 11.6 Å². The van der Waals surface area contributed by atoms with E-state index in [4.69, 9.17) is 21.2 Å². The number of fused-ring (bicyclic) bond motifs is 1. The molecule has 0 bridgehead atoms. The van der Waals surface area contributed by atoms with E-state index in [2.05, 4.69) is 9.97 Å². The van der Waals surface area contributed by atoms with Crippen LogP contribution in [0, 0.1) is 0 Å². The predicted molar refractivity (Wildman–Crippen MR) is 118 cm³/mol. The molecule has 0 spiro atoms. The number of thiophene rings is 1. The average molecular weight is 426 g/mol. The third kappa shape index (κ3) is 3.84. The summed E-state index contributed by atoms with van der Waals surface area (Å²) in [4.78, 5) is 13.6. The summed E-state index contributed by atoms with van der Waals surface area (Å²) >= 11 is 1.35. The summed E-state index contributed by atoms with van der Waals surface area (Å²) in [5, 5.41) is 0.807. The highest BCUT2D eigenvalue weighted by Crippen LogP contribution is 2.42. The van der Waals surface area contributed by atoms with Crippen LogP contribution in [-0.2, 0) is 15.5 Å². The van der Waals surface area contributed by atoms with E-state index < -0.39 is 10.8 Å². The smallest absolute Gasteiger partial charge is 0.219 e. The Balaban J connectivity index is 1.94. The highest BCUT2D eigenvalue weighted by molar-refractivity contribution is 7.87. The van der Waals surface area contributed by atoms with E-state index in [1.807, 2.05) is 36.4 Å². The van der Waals surface area contributed by atoms with Crippen LogP contribution in [-0.4, -0.2) is 38.6 Å². The Morgan fingerprint density at radius 2 is 1.83 bits per heavy atom. The fourth-order valence-corrected chi connectivity index (χ4v) is 5.55. The number of pyridine rings is 1. The number of benzene rings is 1. The minimum absolute atomic E-state index is 0.203. The van der Waals surface area contributed by atoms with Gasteiger partial charge in [0.25, 0.3) is 0 Å². The number of rotatable bonds is 6. The van der Waals surface area contributed by atoms with Crippen molar-refractivity contribution in [3.05, 3.63) is 48.8 Å². The average Bonchev–Trinajstić information content (AvgIpc) is 3.09. The van der Waals surface area contributed by atoms with E-state index in [0.29, 0.717) is 28.0 Å². The van der Waals surface area contributed by atoms with Crippen molar-refractivity contribution in [2.75, 3.05) is 30.9 Å². The number of anilines is 2. The van der Waals surface area contributed by atoms with Gasteiger partial charge in [-0.25, -0.2) is 15.0 Å². The second kappa shape index (κ2) is 8.24. The highest BCUT2D eigenvalue weighted by Gasteiger charge is 2.21. The molecule has 29 heavy (non-hydrogen) atoms. The Labute approximate surface area is 174 Å². The third-order valence-electron chi connectivity index (χ3n) is 4.40. The highest BCUT2D eigenvalue weighted by atomic mass is 32.2. The second-order valence-electron chi connectivity index (χ2n) is 6.28. The number of ether oxygens (including phenoxy) is 1. The van der Waals surface area contributed by atoms with Crippen molar-refractivity contribution < 1.29 is 8.95 Å².